The van der Waals surface area contributed by atoms with Crippen LogP contribution in [0.2, 0.25) is 5.02 Å². The van der Waals surface area contributed by atoms with Crippen LogP contribution in [0.4, 0.5) is 5.69 Å². The Bertz CT molecular complexity index is 423. The van der Waals surface area contributed by atoms with Crippen LogP contribution in [0.25, 0.3) is 0 Å². The van der Waals surface area contributed by atoms with Gasteiger partial charge < -0.3 is 10.1 Å². The molecule has 0 radical (unpaired) electrons. The lowest BCUT2D eigenvalue weighted by Crippen LogP contribution is -2.37. The van der Waals surface area contributed by atoms with E-state index in [9.17, 15) is 0 Å². The number of aryl methyl sites for hydroxylation is 1. The Balaban J connectivity index is 2.76. The van der Waals surface area contributed by atoms with E-state index in [0.29, 0.717) is 17.6 Å². The van der Waals surface area contributed by atoms with Crippen LogP contribution < -0.4 is 16.6 Å². The minimum atomic E-state index is 0.00877. The molecule has 100 valence electrons. The van der Waals surface area contributed by atoms with Crippen molar-refractivity contribution in [1.29, 1.82) is 0 Å². The van der Waals surface area contributed by atoms with Crippen LogP contribution in [0.1, 0.15) is 12.5 Å². The Morgan fingerprint density at radius 3 is 2.83 bits per heavy atom. The van der Waals surface area contributed by atoms with Gasteiger partial charge in [0.05, 0.1) is 12.6 Å². The number of aliphatic imine (C=N–C) groups is 1. The average molecular weight is 271 g/mol. The van der Waals surface area contributed by atoms with Gasteiger partial charge in [0.15, 0.2) is 0 Å². The highest BCUT2D eigenvalue weighted by Gasteiger charge is 2.04. The Hall–Kier alpha value is -1.30. The maximum Gasteiger partial charge on any atom is 0.210 e. The highest BCUT2D eigenvalue weighted by atomic mass is 35.5. The fourth-order valence-electron chi connectivity index (χ4n) is 1.41. The quantitative estimate of drug-likeness (QED) is 0.338. The fraction of sp³-hybridized carbons (Fsp3) is 0.417. The smallest absolute Gasteiger partial charge is 0.210 e. The molecule has 6 heteroatoms. The van der Waals surface area contributed by atoms with Crippen molar-refractivity contribution in [2.75, 3.05) is 19.0 Å². The van der Waals surface area contributed by atoms with Gasteiger partial charge in [0.25, 0.3) is 0 Å². The van der Waals surface area contributed by atoms with E-state index in [4.69, 9.17) is 22.2 Å². The first-order valence-corrected chi connectivity index (χ1v) is 6.01. The van der Waals surface area contributed by atoms with Gasteiger partial charge in [0.1, 0.15) is 0 Å². The summed E-state index contributed by atoms with van der Waals surface area (Å²) in [6.07, 6.45) is 0. The van der Waals surface area contributed by atoms with Crippen molar-refractivity contribution in [3.8, 4) is 0 Å². The van der Waals surface area contributed by atoms with Gasteiger partial charge in [-0.15, -0.1) is 0 Å². The van der Waals surface area contributed by atoms with Gasteiger partial charge in [0.2, 0.25) is 5.96 Å². The molecule has 5 nitrogen and oxygen atoms in total. The third-order valence-corrected chi connectivity index (χ3v) is 2.74. The monoisotopic (exact) mass is 270 g/mol. The van der Waals surface area contributed by atoms with Crippen molar-refractivity contribution in [3.63, 3.8) is 0 Å². The van der Waals surface area contributed by atoms with Gasteiger partial charge in [-0.25, -0.2) is 10.8 Å². The summed E-state index contributed by atoms with van der Waals surface area (Å²) in [6.45, 7) is 4.41. The number of nitrogens with zero attached hydrogens (tertiary/aromatic N) is 1. The van der Waals surface area contributed by atoms with E-state index in [0.717, 1.165) is 11.3 Å². The maximum absolute atomic E-state index is 6.04. The van der Waals surface area contributed by atoms with Gasteiger partial charge in [-0.3, -0.25) is 5.43 Å². The zero-order valence-electron chi connectivity index (χ0n) is 10.8. The third-order valence-electron chi connectivity index (χ3n) is 2.33. The largest absolute Gasteiger partial charge is 0.382 e. The molecular formula is C12H19ClN4O. The number of hydrogen-bond donors (Lipinski definition) is 3. The van der Waals surface area contributed by atoms with Gasteiger partial charge in [0, 0.05) is 17.8 Å². The van der Waals surface area contributed by atoms with Crippen molar-refractivity contribution >= 4 is 23.2 Å². The maximum atomic E-state index is 6.04. The standard InChI is InChI=1S/C12H19ClN4O/c1-8-4-5-10(6-11(8)13)16-12(17-14)15-9(2)7-18-3/h4-6,9H,7,14H2,1-3H3,(H2,15,16,17). The summed E-state index contributed by atoms with van der Waals surface area (Å²) < 4.78 is 5.01. The number of ether oxygens (including phenoxy) is 1. The number of anilines is 1. The van der Waals surface area contributed by atoms with Gasteiger partial charge in [-0.1, -0.05) is 17.7 Å². The normalized spacial score (nSPS) is 13.3. The van der Waals surface area contributed by atoms with E-state index in [1.807, 2.05) is 32.0 Å². The molecule has 0 fully saturated rings. The van der Waals surface area contributed by atoms with Crippen LogP contribution in [0, 0.1) is 6.92 Å². The number of guanidine groups is 1. The molecule has 0 amide bonds. The van der Waals surface area contributed by atoms with Crippen molar-refractivity contribution in [3.05, 3.63) is 28.8 Å². The lowest BCUT2D eigenvalue weighted by Gasteiger charge is -2.12. The summed E-state index contributed by atoms with van der Waals surface area (Å²) >= 11 is 6.04. The summed E-state index contributed by atoms with van der Waals surface area (Å²) in [4.78, 5) is 4.33. The first kappa shape index (κ1) is 14.8. The molecule has 0 heterocycles. The molecule has 18 heavy (non-hydrogen) atoms. The molecule has 1 unspecified atom stereocenters. The molecule has 4 N–H and O–H groups in total. The second kappa shape index (κ2) is 7.20. The van der Waals surface area contributed by atoms with E-state index < -0.39 is 0 Å². The molecule has 0 saturated carbocycles. The second-order valence-electron chi connectivity index (χ2n) is 4.02. The molecule has 0 aliphatic heterocycles. The van der Waals surface area contributed by atoms with Crippen LogP contribution in [-0.2, 0) is 4.74 Å². The number of hydrogen-bond acceptors (Lipinski definition) is 3. The summed E-state index contributed by atoms with van der Waals surface area (Å²) in [7, 11) is 1.63. The Labute approximate surface area is 112 Å². The number of rotatable bonds is 4. The lowest BCUT2D eigenvalue weighted by molar-refractivity contribution is 0.185. The number of halogens is 1. The van der Waals surface area contributed by atoms with E-state index in [2.05, 4.69) is 15.7 Å². The molecule has 1 rings (SSSR count). The summed E-state index contributed by atoms with van der Waals surface area (Å²) in [5.41, 5.74) is 4.36. The number of nitrogens with two attached hydrogens (primary N) is 1. The van der Waals surface area contributed by atoms with E-state index in [1.165, 1.54) is 0 Å². The molecule has 0 bridgehead atoms. The molecule has 1 atom stereocenters. The number of methoxy groups -OCH3 is 1. The van der Waals surface area contributed by atoms with Crippen LogP contribution in [-0.4, -0.2) is 25.7 Å². The minimum absolute atomic E-state index is 0.00877. The Morgan fingerprint density at radius 2 is 2.28 bits per heavy atom. The van der Waals surface area contributed by atoms with Crippen LogP contribution in [0.3, 0.4) is 0 Å². The molecule has 1 aromatic rings. The van der Waals surface area contributed by atoms with Crippen molar-refractivity contribution in [2.24, 2.45) is 10.8 Å². The van der Waals surface area contributed by atoms with Crippen molar-refractivity contribution < 1.29 is 4.74 Å². The molecule has 0 saturated heterocycles. The molecule has 0 aromatic heterocycles. The minimum Gasteiger partial charge on any atom is -0.382 e. The van der Waals surface area contributed by atoms with Gasteiger partial charge >= 0.3 is 0 Å². The summed E-state index contributed by atoms with van der Waals surface area (Å²) in [5.74, 6) is 5.89. The molecule has 0 aliphatic rings. The number of nitrogens with one attached hydrogen (secondary N) is 2. The third kappa shape index (κ3) is 4.52. The lowest BCUT2D eigenvalue weighted by atomic mass is 10.2. The van der Waals surface area contributed by atoms with E-state index in [-0.39, 0.29) is 6.04 Å². The number of hydrazine groups is 1. The Kier molecular flexibility index (Phi) is 5.91. The molecular weight excluding hydrogens is 252 g/mol. The zero-order chi connectivity index (χ0) is 13.5. The highest BCUT2D eigenvalue weighted by molar-refractivity contribution is 6.31. The van der Waals surface area contributed by atoms with Crippen LogP contribution >= 0.6 is 11.6 Å². The fourth-order valence-corrected chi connectivity index (χ4v) is 1.59. The zero-order valence-corrected chi connectivity index (χ0v) is 11.6. The van der Waals surface area contributed by atoms with E-state index in [1.54, 1.807) is 7.11 Å². The predicted octanol–water partition coefficient (Wildman–Crippen LogP) is 1.91. The predicted molar refractivity (Wildman–Crippen MR) is 75.9 cm³/mol. The number of benzene rings is 1. The van der Waals surface area contributed by atoms with Gasteiger partial charge in [-0.05, 0) is 31.5 Å². The Morgan fingerprint density at radius 1 is 1.56 bits per heavy atom. The molecule has 0 spiro atoms. The van der Waals surface area contributed by atoms with Crippen LogP contribution in [0.5, 0.6) is 0 Å². The van der Waals surface area contributed by atoms with Gasteiger partial charge in [-0.2, -0.15) is 0 Å². The SMILES string of the molecule is COCC(C)N=C(NN)Nc1ccc(C)c(Cl)c1. The first-order valence-electron chi connectivity index (χ1n) is 5.63. The average Bonchev–Trinajstić information content (AvgIpc) is 2.33. The van der Waals surface area contributed by atoms with E-state index >= 15 is 0 Å². The topological polar surface area (TPSA) is 71.7 Å². The summed E-state index contributed by atoms with van der Waals surface area (Å²) in [6, 6.07) is 5.67. The van der Waals surface area contributed by atoms with Crippen molar-refractivity contribution in [2.45, 2.75) is 19.9 Å². The molecule has 1 aromatic carbocycles. The first-order chi connectivity index (χ1) is 8.56. The van der Waals surface area contributed by atoms with Crippen molar-refractivity contribution in [1.82, 2.24) is 5.43 Å². The van der Waals surface area contributed by atoms with Crippen LogP contribution in [0.15, 0.2) is 23.2 Å². The summed E-state index contributed by atoms with van der Waals surface area (Å²) in [5, 5.41) is 3.76. The molecule has 0 aliphatic carbocycles. The second-order valence-corrected chi connectivity index (χ2v) is 4.42. The highest BCUT2D eigenvalue weighted by Crippen LogP contribution is 2.19.